The third-order valence-corrected chi connectivity index (χ3v) is 2.90. The van der Waals surface area contributed by atoms with Gasteiger partial charge in [-0.05, 0) is 25.5 Å². The summed E-state index contributed by atoms with van der Waals surface area (Å²) in [5.41, 5.74) is 6.48. The van der Waals surface area contributed by atoms with E-state index in [1.165, 1.54) is 0 Å². The van der Waals surface area contributed by atoms with Crippen molar-refractivity contribution in [3.63, 3.8) is 0 Å². The molecular formula is C11H17N3O. The van der Waals surface area contributed by atoms with Gasteiger partial charge in [-0.2, -0.15) is 0 Å². The second kappa shape index (κ2) is 4.49. The number of nitrogens with zero attached hydrogens (tertiary/aromatic N) is 1. The van der Waals surface area contributed by atoms with E-state index in [4.69, 9.17) is 10.5 Å². The number of hydrogen-bond acceptors (Lipinski definition) is 4. The molecule has 0 saturated carbocycles. The minimum Gasteiger partial charge on any atom is -0.396 e. The van der Waals surface area contributed by atoms with E-state index in [2.05, 4.69) is 17.2 Å². The SMILES string of the molecule is CC1OCCC1CNc1ncccc1N. The number of pyridine rings is 1. The van der Waals surface area contributed by atoms with E-state index in [1.54, 1.807) is 6.20 Å². The van der Waals surface area contributed by atoms with E-state index in [0.717, 1.165) is 25.4 Å². The van der Waals surface area contributed by atoms with Gasteiger partial charge in [0.15, 0.2) is 0 Å². The van der Waals surface area contributed by atoms with Gasteiger partial charge in [0, 0.05) is 25.3 Å². The summed E-state index contributed by atoms with van der Waals surface area (Å²) in [4.78, 5) is 4.19. The zero-order valence-electron chi connectivity index (χ0n) is 8.94. The number of ether oxygens (including phenoxy) is 1. The Bertz CT molecular complexity index is 329. The smallest absolute Gasteiger partial charge is 0.149 e. The Morgan fingerprint density at radius 3 is 3.20 bits per heavy atom. The predicted octanol–water partition coefficient (Wildman–Crippen LogP) is 1.50. The molecule has 3 N–H and O–H groups in total. The van der Waals surface area contributed by atoms with E-state index in [-0.39, 0.29) is 0 Å². The molecule has 0 amide bonds. The van der Waals surface area contributed by atoms with E-state index in [0.29, 0.717) is 17.7 Å². The topological polar surface area (TPSA) is 60.2 Å². The molecule has 1 aromatic heterocycles. The highest BCUT2D eigenvalue weighted by Gasteiger charge is 2.23. The first-order valence-electron chi connectivity index (χ1n) is 5.33. The van der Waals surface area contributed by atoms with Gasteiger partial charge in [-0.3, -0.25) is 0 Å². The first-order chi connectivity index (χ1) is 7.27. The van der Waals surface area contributed by atoms with Gasteiger partial charge >= 0.3 is 0 Å². The van der Waals surface area contributed by atoms with Crippen LogP contribution in [0.15, 0.2) is 18.3 Å². The largest absolute Gasteiger partial charge is 0.396 e. The van der Waals surface area contributed by atoms with Gasteiger partial charge < -0.3 is 15.8 Å². The summed E-state index contributed by atoms with van der Waals surface area (Å²) in [6.07, 6.45) is 3.19. The molecule has 4 heteroatoms. The van der Waals surface area contributed by atoms with Crippen molar-refractivity contribution >= 4 is 11.5 Å². The Morgan fingerprint density at radius 1 is 1.67 bits per heavy atom. The van der Waals surface area contributed by atoms with Crippen LogP contribution in [0.25, 0.3) is 0 Å². The molecule has 1 aromatic rings. The highest BCUT2D eigenvalue weighted by molar-refractivity contribution is 5.60. The fraction of sp³-hybridized carbons (Fsp3) is 0.545. The lowest BCUT2D eigenvalue weighted by Gasteiger charge is -2.15. The number of nitrogens with one attached hydrogen (secondary N) is 1. The van der Waals surface area contributed by atoms with Crippen LogP contribution in [0.5, 0.6) is 0 Å². The first kappa shape index (κ1) is 10.2. The molecule has 1 aliphatic rings. The highest BCUT2D eigenvalue weighted by atomic mass is 16.5. The lowest BCUT2D eigenvalue weighted by molar-refractivity contribution is 0.108. The average molecular weight is 207 g/mol. The Labute approximate surface area is 89.8 Å². The second-order valence-electron chi connectivity index (χ2n) is 3.95. The predicted molar refractivity (Wildman–Crippen MR) is 60.7 cm³/mol. The highest BCUT2D eigenvalue weighted by Crippen LogP contribution is 2.21. The molecule has 4 nitrogen and oxygen atoms in total. The number of aromatic nitrogens is 1. The standard InChI is InChI=1S/C11H17N3O/c1-8-9(4-6-15-8)7-14-11-10(12)3-2-5-13-11/h2-3,5,8-9H,4,6-7,12H2,1H3,(H,13,14). The van der Waals surface area contributed by atoms with Gasteiger partial charge in [-0.15, -0.1) is 0 Å². The maximum Gasteiger partial charge on any atom is 0.149 e. The summed E-state index contributed by atoms with van der Waals surface area (Å²) < 4.78 is 5.49. The third-order valence-electron chi connectivity index (χ3n) is 2.90. The molecule has 0 aliphatic carbocycles. The number of hydrogen-bond donors (Lipinski definition) is 2. The van der Waals surface area contributed by atoms with E-state index in [9.17, 15) is 0 Å². The van der Waals surface area contributed by atoms with Crippen molar-refractivity contribution in [2.24, 2.45) is 5.92 Å². The molecule has 0 aromatic carbocycles. The third kappa shape index (κ3) is 2.39. The minimum absolute atomic E-state index is 0.336. The number of nitrogen functional groups attached to an aromatic ring is 1. The molecule has 1 aliphatic heterocycles. The molecule has 2 unspecified atom stereocenters. The van der Waals surface area contributed by atoms with Crippen LogP contribution in [-0.4, -0.2) is 24.2 Å². The molecule has 0 spiro atoms. The average Bonchev–Trinajstić information content (AvgIpc) is 2.63. The maximum atomic E-state index is 5.78. The number of nitrogens with two attached hydrogens (primary N) is 1. The minimum atomic E-state index is 0.336. The van der Waals surface area contributed by atoms with Gasteiger partial charge in [0.05, 0.1) is 11.8 Å². The van der Waals surface area contributed by atoms with Gasteiger partial charge in [-0.1, -0.05) is 0 Å². The summed E-state index contributed by atoms with van der Waals surface area (Å²) in [7, 11) is 0. The fourth-order valence-electron chi connectivity index (χ4n) is 1.84. The Hall–Kier alpha value is -1.29. The summed E-state index contributed by atoms with van der Waals surface area (Å²) >= 11 is 0. The van der Waals surface area contributed by atoms with Crippen molar-refractivity contribution in [3.8, 4) is 0 Å². The van der Waals surface area contributed by atoms with Crippen LogP contribution in [0.1, 0.15) is 13.3 Å². The van der Waals surface area contributed by atoms with E-state index < -0.39 is 0 Å². The van der Waals surface area contributed by atoms with Gasteiger partial charge in [-0.25, -0.2) is 4.98 Å². The Kier molecular flexibility index (Phi) is 3.06. The molecule has 82 valence electrons. The molecule has 1 fully saturated rings. The molecule has 2 atom stereocenters. The first-order valence-corrected chi connectivity index (χ1v) is 5.33. The summed E-state index contributed by atoms with van der Waals surface area (Å²) in [6, 6.07) is 3.69. The van der Waals surface area contributed by atoms with Gasteiger partial charge in [0.25, 0.3) is 0 Å². The normalized spacial score (nSPS) is 25.4. The van der Waals surface area contributed by atoms with Crippen molar-refractivity contribution in [3.05, 3.63) is 18.3 Å². The molecule has 1 saturated heterocycles. The lowest BCUT2D eigenvalue weighted by Crippen LogP contribution is -2.21. The number of anilines is 2. The van der Waals surface area contributed by atoms with Crippen LogP contribution in [-0.2, 0) is 4.74 Å². The summed E-state index contributed by atoms with van der Waals surface area (Å²) in [6.45, 7) is 3.86. The van der Waals surface area contributed by atoms with Crippen molar-refractivity contribution in [1.29, 1.82) is 0 Å². The van der Waals surface area contributed by atoms with Crippen LogP contribution in [0.4, 0.5) is 11.5 Å². The molecule has 2 heterocycles. The fourth-order valence-corrected chi connectivity index (χ4v) is 1.84. The van der Waals surface area contributed by atoms with E-state index in [1.807, 2.05) is 12.1 Å². The quantitative estimate of drug-likeness (QED) is 0.788. The zero-order chi connectivity index (χ0) is 10.7. The summed E-state index contributed by atoms with van der Waals surface area (Å²) in [5.74, 6) is 1.34. The van der Waals surface area contributed by atoms with Crippen molar-refractivity contribution in [2.45, 2.75) is 19.4 Å². The molecule has 0 bridgehead atoms. The lowest BCUT2D eigenvalue weighted by atomic mass is 10.0. The summed E-state index contributed by atoms with van der Waals surface area (Å²) in [5, 5.41) is 3.27. The van der Waals surface area contributed by atoms with Crippen LogP contribution in [0, 0.1) is 5.92 Å². The van der Waals surface area contributed by atoms with Gasteiger partial charge in [0.1, 0.15) is 5.82 Å². The van der Waals surface area contributed by atoms with Crippen molar-refractivity contribution in [2.75, 3.05) is 24.2 Å². The monoisotopic (exact) mass is 207 g/mol. The van der Waals surface area contributed by atoms with Crippen molar-refractivity contribution < 1.29 is 4.74 Å². The molecular weight excluding hydrogens is 190 g/mol. The van der Waals surface area contributed by atoms with Crippen LogP contribution in [0.2, 0.25) is 0 Å². The molecule has 0 radical (unpaired) electrons. The van der Waals surface area contributed by atoms with Gasteiger partial charge in [0.2, 0.25) is 0 Å². The maximum absolute atomic E-state index is 5.78. The number of rotatable bonds is 3. The van der Waals surface area contributed by atoms with Crippen LogP contribution in [0.3, 0.4) is 0 Å². The second-order valence-corrected chi connectivity index (χ2v) is 3.95. The molecule has 15 heavy (non-hydrogen) atoms. The Morgan fingerprint density at radius 2 is 2.53 bits per heavy atom. The van der Waals surface area contributed by atoms with Crippen LogP contribution >= 0.6 is 0 Å². The zero-order valence-corrected chi connectivity index (χ0v) is 8.94. The Balaban J connectivity index is 1.90. The van der Waals surface area contributed by atoms with Crippen molar-refractivity contribution in [1.82, 2.24) is 4.98 Å². The van der Waals surface area contributed by atoms with E-state index >= 15 is 0 Å². The van der Waals surface area contributed by atoms with Crippen LogP contribution < -0.4 is 11.1 Å². The molecule has 2 rings (SSSR count).